The van der Waals surface area contributed by atoms with Gasteiger partial charge in [0.05, 0.1) is 29.3 Å². The van der Waals surface area contributed by atoms with Crippen LogP contribution in [0.3, 0.4) is 0 Å². The highest BCUT2D eigenvalue weighted by Gasteiger charge is 2.29. The monoisotopic (exact) mass is 525 g/mol. The largest absolute Gasteiger partial charge is 0.465 e. The molecule has 1 aliphatic heterocycles. The quantitative estimate of drug-likeness (QED) is 0.355. The number of para-hydroxylation sites is 1. The van der Waals surface area contributed by atoms with Gasteiger partial charge in [-0.25, -0.2) is 9.78 Å². The Labute approximate surface area is 224 Å². The van der Waals surface area contributed by atoms with Crippen LogP contribution in [0.25, 0.3) is 22.6 Å². The first-order valence-corrected chi connectivity index (χ1v) is 13.0. The molecule has 4 aromatic rings. The fourth-order valence-corrected chi connectivity index (χ4v) is 5.26. The highest BCUT2D eigenvalue weighted by Crippen LogP contribution is 2.36. The molecule has 6 rings (SSSR count). The molecule has 198 valence electrons. The molecule has 0 radical (unpaired) electrons. The fourth-order valence-electron chi connectivity index (χ4n) is 5.26. The number of pyridine rings is 1. The minimum atomic E-state index is -0.538. The summed E-state index contributed by atoms with van der Waals surface area (Å²) in [6.45, 7) is 1.11. The van der Waals surface area contributed by atoms with Crippen LogP contribution in [0.15, 0.2) is 69.9 Å². The molecule has 0 spiro atoms. The molecule has 0 saturated carbocycles. The molecule has 4 heterocycles. The summed E-state index contributed by atoms with van der Waals surface area (Å²) >= 11 is 0. The number of furan rings is 2. The van der Waals surface area contributed by atoms with Crippen LogP contribution in [0.2, 0.25) is 0 Å². The number of carbonyl (C=O) groups excluding carboxylic acids is 3. The van der Waals surface area contributed by atoms with Gasteiger partial charge in [-0.05, 0) is 66.8 Å². The predicted molar refractivity (Wildman–Crippen MR) is 143 cm³/mol. The zero-order chi connectivity index (χ0) is 26.8. The summed E-state index contributed by atoms with van der Waals surface area (Å²) in [6.07, 6.45) is 7.42. The molecule has 0 atom stereocenters. The summed E-state index contributed by atoms with van der Waals surface area (Å²) in [5.41, 5.74) is 3.76. The normalized spacial score (nSPS) is 16.4. The number of fused-ring (bicyclic) bond motifs is 2. The van der Waals surface area contributed by atoms with Crippen LogP contribution < -0.4 is 0 Å². The minimum Gasteiger partial charge on any atom is -0.465 e. The van der Waals surface area contributed by atoms with Crippen molar-refractivity contribution in [1.82, 2.24) is 14.8 Å². The van der Waals surface area contributed by atoms with Gasteiger partial charge in [0, 0.05) is 31.6 Å². The Morgan fingerprint density at radius 1 is 0.897 bits per heavy atom. The molecule has 1 aromatic carbocycles. The Morgan fingerprint density at radius 3 is 2.44 bits per heavy atom. The average Bonchev–Trinajstić information content (AvgIpc) is 3.70. The van der Waals surface area contributed by atoms with E-state index in [0.29, 0.717) is 49.1 Å². The smallest absolute Gasteiger partial charge is 0.339 e. The molecule has 0 N–H and O–H groups in total. The number of nitrogens with zero attached hydrogens (tertiary/aromatic N) is 3. The van der Waals surface area contributed by atoms with Gasteiger partial charge in [0.25, 0.3) is 11.8 Å². The van der Waals surface area contributed by atoms with Gasteiger partial charge in [-0.3, -0.25) is 9.59 Å². The van der Waals surface area contributed by atoms with Crippen molar-refractivity contribution in [2.45, 2.75) is 19.3 Å². The van der Waals surface area contributed by atoms with Crippen molar-refractivity contribution in [1.29, 1.82) is 0 Å². The Hall–Kier alpha value is -4.66. The number of carbonyl (C=O) groups is 3. The lowest BCUT2D eigenvalue weighted by Crippen LogP contribution is -2.51. The van der Waals surface area contributed by atoms with Gasteiger partial charge < -0.3 is 23.4 Å². The summed E-state index contributed by atoms with van der Waals surface area (Å²) in [4.78, 5) is 47.1. The van der Waals surface area contributed by atoms with E-state index in [1.165, 1.54) is 6.26 Å². The first-order chi connectivity index (χ1) is 19.1. The van der Waals surface area contributed by atoms with E-state index in [-0.39, 0.29) is 24.2 Å². The summed E-state index contributed by atoms with van der Waals surface area (Å²) in [5.74, 6) is -0.0243. The Balaban J connectivity index is 1.18. The van der Waals surface area contributed by atoms with Crippen LogP contribution in [-0.4, -0.2) is 65.4 Å². The van der Waals surface area contributed by atoms with Crippen molar-refractivity contribution in [3.8, 4) is 0 Å². The second-order valence-electron chi connectivity index (χ2n) is 9.60. The molecular weight excluding hydrogens is 498 g/mol. The second-order valence-corrected chi connectivity index (χ2v) is 9.60. The molecule has 2 aliphatic rings. The van der Waals surface area contributed by atoms with E-state index >= 15 is 0 Å². The van der Waals surface area contributed by atoms with E-state index in [0.717, 1.165) is 35.4 Å². The first-order valence-electron chi connectivity index (χ1n) is 13.0. The van der Waals surface area contributed by atoms with E-state index in [4.69, 9.17) is 18.6 Å². The van der Waals surface area contributed by atoms with Gasteiger partial charge in [-0.1, -0.05) is 18.2 Å². The minimum absolute atomic E-state index is 0.201. The molecule has 9 heteroatoms. The van der Waals surface area contributed by atoms with Gasteiger partial charge in [0.15, 0.2) is 12.4 Å². The number of hydrogen-bond donors (Lipinski definition) is 0. The van der Waals surface area contributed by atoms with Crippen LogP contribution in [0, 0.1) is 0 Å². The number of amides is 2. The van der Waals surface area contributed by atoms with Crippen molar-refractivity contribution in [3.05, 3.63) is 89.4 Å². The maximum atomic E-state index is 13.5. The molecule has 39 heavy (non-hydrogen) atoms. The Kier molecular flexibility index (Phi) is 6.71. The van der Waals surface area contributed by atoms with Gasteiger partial charge in [0.2, 0.25) is 0 Å². The number of allylic oxidation sites excluding steroid dienone is 1. The zero-order valence-electron chi connectivity index (χ0n) is 21.3. The number of esters is 1. The molecule has 0 unspecified atom stereocenters. The number of aromatic nitrogens is 1. The number of ether oxygens (including phenoxy) is 1. The standard InChI is InChI=1S/C30H27N3O6/c34-26(32-12-14-33(15-13-32)29(35)25-11-5-17-38-25)19-39-30(36)27-22-8-1-2-10-24(22)31-28-20(6-3-9-23(27)28)18-21-7-4-16-37-21/h1-2,4-5,7-8,10-11,16-18H,3,6,9,12-15,19H2. The lowest BCUT2D eigenvalue weighted by Gasteiger charge is -2.34. The third-order valence-corrected chi connectivity index (χ3v) is 7.21. The van der Waals surface area contributed by atoms with Crippen molar-refractivity contribution in [2.75, 3.05) is 32.8 Å². The van der Waals surface area contributed by atoms with Crippen molar-refractivity contribution in [2.24, 2.45) is 0 Å². The van der Waals surface area contributed by atoms with E-state index in [1.807, 2.05) is 42.5 Å². The fraction of sp³-hybridized carbons (Fsp3) is 0.267. The number of rotatable bonds is 5. The van der Waals surface area contributed by atoms with Crippen molar-refractivity contribution >= 4 is 40.3 Å². The van der Waals surface area contributed by atoms with Gasteiger partial charge in [0.1, 0.15) is 5.76 Å². The molecule has 1 saturated heterocycles. The number of piperazine rings is 1. The molecule has 0 bridgehead atoms. The lowest BCUT2D eigenvalue weighted by molar-refractivity contribution is -0.136. The maximum Gasteiger partial charge on any atom is 0.339 e. The van der Waals surface area contributed by atoms with E-state index in [2.05, 4.69) is 0 Å². The summed E-state index contributed by atoms with van der Waals surface area (Å²) < 4.78 is 16.3. The summed E-state index contributed by atoms with van der Waals surface area (Å²) in [6, 6.07) is 14.5. The highest BCUT2D eigenvalue weighted by atomic mass is 16.5. The molecule has 1 fully saturated rings. The summed E-state index contributed by atoms with van der Waals surface area (Å²) in [5, 5.41) is 0.706. The molecular formula is C30H27N3O6. The third-order valence-electron chi connectivity index (χ3n) is 7.21. The van der Waals surface area contributed by atoms with Crippen LogP contribution in [0.1, 0.15) is 50.8 Å². The molecule has 9 nitrogen and oxygen atoms in total. The Bertz CT molecular complexity index is 1550. The van der Waals surface area contributed by atoms with E-state index in [1.54, 1.807) is 28.2 Å². The van der Waals surface area contributed by atoms with Crippen LogP contribution in [0.5, 0.6) is 0 Å². The SMILES string of the molecule is O=C(OCC(=O)N1CCN(C(=O)c2ccco2)CC1)c1c2c(nc3ccccc13)C(=Cc1ccco1)CCC2. The third kappa shape index (κ3) is 4.95. The van der Waals surface area contributed by atoms with Crippen molar-refractivity contribution in [3.63, 3.8) is 0 Å². The van der Waals surface area contributed by atoms with E-state index in [9.17, 15) is 14.4 Å². The lowest BCUT2D eigenvalue weighted by atomic mass is 9.86. The molecule has 2 amide bonds. The molecule has 3 aromatic heterocycles. The van der Waals surface area contributed by atoms with Gasteiger partial charge in [-0.15, -0.1) is 0 Å². The van der Waals surface area contributed by atoms with Crippen molar-refractivity contribution < 1.29 is 28.0 Å². The summed E-state index contributed by atoms with van der Waals surface area (Å²) in [7, 11) is 0. The predicted octanol–water partition coefficient (Wildman–Crippen LogP) is 4.44. The first kappa shape index (κ1) is 24.7. The Morgan fingerprint density at radius 2 is 1.67 bits per heavy atom. The van der Waals surface area contributed by atoms with E-state index < -0.39 is 5.97 Å². The topological polar surface area (TPSA) is 106 Å². The van der Waals surface area contributed by atoms with Crippen LogP contribution >= 0.6 is 0 Å². The van der Waals surface area contributed by atoms with Crippen LogP contribution in [-0.2, 0) is 16.0 Å². The van der Waals surface area contributed by atoms with Crippen LogP contribution in [0.4, 0.5) is 0 Å². The maximum absolute atomic E-state index is 13.5. The highest BCUT2D eigenvalue weighted by molar-refractivity contribution is 6.07. The van der Waals surface area contributed by atoms with Gasteiger partial charge in [-0.2, -0.15) is 0 Å². The molecule has 1 aliphatic carbocycles. The zero-order valence-corrected chi connectivity index (χ0v) is 21.3. The average molecular weight is 526 g/mol. The second kappa shape index (κ2) is 10.6. The number of benzene rings is 1. The van der Waals surface area contributed by atoms with Gasteiger partial charge >= 0.3 is 5.97 Å². The number of hydrogen-bond acceptors (Lipinski definition) is 7.